The normalized spacial score (nSPS) is 12.0. The average molecular weight is 561 g/mol. The number of hydrogen-bond donors (Lipinski definition) is 1. The summed E-state index contributed by atoms with van der Waals surface area (Å²) in [5.74, 6) is 0.400. The second-order valence-electron chi connectivity index (χ2n) is 10.4. The summed E-state index contributed by atoms with van der Waals surface area (Å²) in [5.41, 5.74) is 6.40. The smallest absolute Gasteiger partial charge is 0.342 e. The van der Waals surface area contributed by atoms with Gasteiger partial charge in [0.05, 0.1) is 23.4 Å². The van der Waals surface area contributed by atoms with Gasteiger partial charge in [0.25, 0.3) is 0 Å². The third-order valence-electron chi connectivity index (χ3n) is 6.43. The van der Waals surface area contributed by atoms with Crippen LogP contribution in [0.4, 0.5) is 0 Å². The van der Waals surface area contributed by atoms with Crippen molar-refractivity contribution in [3.05, 3.63) is 117 Å². The lowest BCUT2D eigenvalue weighted by atomic mass is 9.87. The van der Waals surface area contributed by atoms with E-state index in [1.807, 2.05) is 66.3 Å². The Morgan fingerprint density at radius 2 is 1.69 bits per heavy atom. The Morgan fingerprint density at radius 3 is 2.31 bits per heavy atom. The van der Waals surface area contributed by atoms with Crippen LogP contribution in [0.2, 0.25) is 5.02 Å². The lowest BCUT2D eigenvalue weighted by Crippen LogP contribution is -2.10. The molecule has 0 atom stereocenters. The van der Waals surface area contributed by atoms with E-state index in [1.165, 1.54) is 17.3 Å². The molecule has 0 amide bonds. The number of halogens is 1. The van der Waals surface area contributed by atoms with Gasteiger partial charge in [-0.2, -0.15) is 5.10 Å². The maximum absolute atomic E-state index is 11.9. The number of benzene rings is 3. The molecule has 4 rings (SSSR count). The summed E-state index contributed by atoms with van der Waals surface area (Å²) in [6, 6.07) is 23.4. The lowest BCUT2D eigenvalue weighted by molar-refractivity contribution is -0.131. The van der Waals surface area contributed by atoms with Gasteiger partial charge in [-0.05, 0) is 77.1 Å². The van der Waals surface area contributed by atoms with Gasteiger partial charge in [-0.1, -0.05) is 68.8 Å². The van der Waals surface area contributed by atoms with Gasteiger partial charge in [-0.25, -0.2) is 9.48 Å². The first-order valence-electron chi connectivity index (χ1n) is 12.8. The SMILES string of the molecule is Cc1c(CCOc2ccc(/C=C(/SCc3ccc(C(C)(C)C)cc3)C(=O)O)cc2)cnn1-c1ccc(Cl)cc1. The number of aliphatic carboxylic acids is 1. The molecular formula is C32H33ClN2O3S. The number of carboxylic acids is 1. The highest BCUT2D eigenvalue weighted by Crippen LogP contribution is 2.27. The second-order valence-corrected chi connectivity index (χ2v) is 11.8. The predicted molar refractivity (Wildman–Crippen MR) is 161 cm³/mol. The predicted octanol–water partition coefficient (Wildman–Crippen LogP) is 8.11. The summed E-state index contributed by atoms with van der Waals surface area (Å²) in [5, 5.41) is 14.9. The Bertz CT molecular complexity index is 1440. The van der Waals surface area contributed by atoms with Crippen LogP contribution >= 0.6 is 23.4 Å². The molecule has 3 aromatic carbocycles. The maximum atomic E-state index is 11.9. The summed E-state index contributed by atoms with van der Waals surface area (Å²) in [6.45, 7) is 9.08. The topological polar surface area (TPSA) is 64.3 Å². The molecule has 0 bridgehead atoms. The molecule has 0 spiro atoms. The van der Waals surface area contributed by atoms with Crippen molar-refractivity contribution < 1.29 is 14.6 Å². The van der Waals surface area contributed by atoms with Crippen LogP contribution in [0.5, 0.6) is 5.75 Å². The van der Waals surface area contributed by atoms with Gasteiger partial charge in [-0.15, -0.1) is 11.8 Å². The number of thioether (sulfide) groups is 1. The van der Waals surface area contributed by atoms with E-state index >= 15 is 0 Å². The average Bonchev–Trinajstić information content (AvgIpc) is 3.27. The van der Waals surface area contributed by atoms with Gasteiger partial charge in [0.1, 0.15) is 5.75 Å². The molecule has 0 saturated carbocycles. The zero-order chi connectivity index (χ0) is 28.0. The number of nitrogens with zero attached hydrogens (tertiary/aromatic N) is 2. The number of aromatic nitrogens is 2. The van der Waals surface area contributed by atoms with E-state index in [0.717, 1.165) is 40.2 Å². The number of hydrogen-bond acceptors (Lipinski definition) is 4. The Morgan fingerprint density at radius 1 is 1.03 bits per heavy atom. The van der Waals surface area contributed by atoms with Gasteiger partial charge in [0.2, 0.25) is 0 Å². The van der Waals surface area contributed by atoms with Crippen molar-refractivity contribution in [2.45, 2.75) is 45.3 Å². The highest BCUT2D eigenvalue weighted by molar-refractivity contribution is 8.03. The molecule has 0 unspecified atom stereocenters. The number of ether oxygens (including phenoxy) is 1. The summed E-state index contributed by atoms with van der Waals surface area (Å²) < 4.78 is 7.84. The Labute approximate surface area is 239 Å². The molecule has 0 fully saturated rings. The fourth-order valence-electron chi connectivity index (χ4n) is 4.05. The Kier molecular flexibility index (Phi) is 9.20. The molecule has 202 valence electrons. The summed E-state index contributed by atoms with van der Waals surface area (Å²) in [6.07, 6.45) is 4.29. The molecule has 0 radical (unpaired) electrons. The molecule has 1 aromatic heterocycles. The van der Waals surface area contributed by atoms with Gasteiger partial charge < -0.3 is 9.84 Å². The molecule has 0 aliphatic heterocycles. The molecule has 4 aromatic rings. The number of carbonyl (C=O) groups is 1. The van der Waals surface area contributed by atoms with E-state index in [9.17, 15) is 9.90 Å². The quantitative estimate of drug-likeness (QED) is 0.198. The van der Waals surface area contributed by atoms with Crippen LogP contribution in [0.15, 0.2) is 83.9 Å². The van der Waals surface area contributed by atoms with Crippen LogP contribution < -0.4 is 4.74 Å². The number of carboxylic acid groups (broad SMARTS) is 1. The summed E-state index contributed by atoms with van der Waals surface area (Å²) in [4.78, 5) is 12.2. The number of rotatable bonds is 10. The van der Waals surface area contributed by atoms with Crippen molar-refractivity contribution in [2.75, 3.05) is 6.61 Å². The van der Waals surface area contributed by atoms with Crippen LogP contribution in [0, 0.1) is 6.92 Å². The van der Waals surface area contributed by atoms with Crippen LogP contribution in [0.1, 0.15) is 48.7 Å². The first kappa shape index (κ1) is 28.5. The van der Waals surface area contributed by atoms with E-state index in [1.54, 1.807) is 6.08 Å². The molecule has 7 heteroatoms. The highest BCUT2D eigenvalue weighted by Gasteiger charge is 2.14. The van der Waals surface area contributed by atoms with E-state index in [0.29, 0.717) is 22.3 Å². The Hall–Kier alpha value is -3.48. The van der Waals surface area contributed by atoms with Gasteiger partial charge >= 0.3 is 5.97 Å². The molecule has 1 N–H and O–H groups in total. The summed E-state index contributed by atoms with van der Waals surface area (Å²) >= 11 is 7.32. The molecule has 0 aliphatic rings. The van der Waals surface area contributed by atoms with Crippen LogP contribution in [-0.2, 0) is 22.4 Å². The van der Waals surface area contributed by atoms with E-state index in [-0.39, 0.29) is 5.41 Å². The van der Waals surface area contributed by atoms with Crippen LogP contribution in [0.3, 0.4) is 0 Å². The molecule has 39 heavy (non-hydrogen) atoms. The minimum Gasteiger partial charge on any atom is -0.493 e. The third kappa shape index (κ3) is 7.78. The monoisotopic (exact) mass is 560 g/mol. The fraction of sp³-hybridized carbons (Fsp3) is 0.250. The van der Waals surface area contributed by atoms with Crippen molar-refractivity contribution >= 4 is 35.4 Å². The third-order valence-corrected chi connectivity index (χ3v) is 7.76. The maximum Gasteiger partial charge on any atom is 0.342 e. The van der Waals surface area contributed by atoms with Crippen LogP contribution in [-0.4, -0.2) is 27.5 Å². The van der Waals surface area contributed by atoms with Crippen molar-refractivity contribution in [1.29, 1.82) is 0 Å². The standard InChI is InChI=1S/C32H33ClN2O3S/c1-22-25(20-34-35(22)28-13-11-27(33)12-14-28)17-18-38-29-15-7-23(8-16-29)19-30(31(36)37)39-21-24-5-9-26(10-6-24)32(2,3)4/h5-16,19-20H,17-18,21H2,1-4H3,(H,36,37)/b30-19+. The Balaban J connectivity index is 1.32. The van der Waals surface area contributed by atoms with E-state index < -0.39 is 5.97 Å². The van der Waals surface area contributed by atoms with E-state index in [4.69, 9.17) is 16.3 Å². The van der Waals surface area contributed by atoms with Crippen molar-refractivity contribution in [1.82, 2.24) is 9.78 Å². The molecule has 5 nitrogen and oxygen atoms in total. The van der Waals surface area contributed by atoms with Gasteiger partial charge in [0, 0.05) is 22.9 Å². The summed E-state index contributed by atoms with van der Waals surface area (Å²) in [7, 11) is 0. The van der Waals surface area contributed by atoms with Crippen molar-refractivity contribution in [3.63, 3.8) is 0 Å². The molecule has 0 saturated heterocycles. The minimum atomic E-state index is -0.929. The molecular weight excluding hydrogens is 528 g/mol. The first-order valence-corrected chi connectivity index (χ1v) is 14.2. The van der Waals surface area contributed by atoms with E-state index in [2.05, 4.69) is 50.1 Å². The molecule has 0 aliphatic carbocycles. The zero-order valence-corrected chi connectivity index (χ0v) is 24.2. The fourth-order valence-corrected chi connectivity index (χ4v) is 5.03. The largest absolute Gasteiger partial charge is 0.493 e. The highest BCUT2D eigenvalue weighted by atomic mass is 35.5. The van der Waals surface area contributed by atoms with Gasteiger partial charge in [-0.3, -0.25) is 0 Å². The van der Waals surface area contributed by atoms with Crippen molar-refractivity contribution in [2.24, 2.45) is 0 Å². The lowest BCUT2D eigenvalue weighted by Gasteiger charge is -2.19. The van der Waals surface area contributed by atoms with Gasteiger partial charge in [0.15, 0.2) is 0 Å². The van der Waals surface area contributed by atoms with Crippen LogP contribution in [0.25, 0.3) is 11.8 Å². The minimum absolute atomic E-state index is 0.0911. The molecule has 1 heterocycles. The second kappa shape index (κ2) is 12.6. The zero-order valence-electron chi connectivity index (χ0n) is 22.6. The first-order chi connectivity index (χ1) is 18.6. The van der Waals surface area contributed by atoms with Crippen molar-refractivity contribution in [3.8, 4) is 11.4 Å².